The predicted octanol–water partition coefficient (Wildman–Crippen LogP) is 3.77. The number of rotatable bonds is 5. The number of sulfone groups is 1. The van der Waals surface area contributed by atoms with Crippen molar-refractivity contribution in [3.05, 3.63) is 82.4 Å². The molecule has 0 N–H and O–H groups in total. The zero-order valence-electron chi connectivity index (χ0n) is 14.6. The number of carbonyl (C=O) groups excluding carboxylic acids is 1. The first kappa shape index (κ1) is 19.9. The summed E-state index contributed by atoms with van der Waals surface area (Å²) in [5, 5.41) is -0.807. The second kappa shape index (κ2) is 8.04. The van der Waals surface area contributed by atoms with Crippen LogP contribution in [0.15, 0.2) is 59.9 Å². The van der Waals surface area contributed by atoms with E-state index in [2.05, 4.69) is 9.97 Å². The van der Waals surface area contributed by atoms with Gasteiger partial charge in [0.2, 0.25) is 15.0 Å². The third-order valence-electron chi connectivity index (χ3n) is 3.70. The number of halogens is 2. The monoisotopic (exact) mass is 420 g/mol. The molecule has 0 radical (unpaired) electrons. The van der Waals surface area contributed by atoms with Gasteiger partial charge in [0.05, 0.1) is 17.0 Å². The molecule has 9 heteroatoms. The van der Waals surface area contributed by atoms with Crippen LogP contribution in [0, 0.1) is 12.7 Å². The van der Waals surface area contributed by atoms with Crippen molar-refractivity contribution in [3.8, 4) is 5.75 Å². The minimum atomic E-state index is -4.12. The van der Waals surface area contributed by atoms with Crippen LogP contribution in [0.3, 0.4) is 0 Å². The molecule has 0 fully saturated rings. The van der Waals surface area contributed by atoms with E-state index in [0.717, 1.165) is 17.8 Å². The molecular formula is C19H14ClFN2O4S. The maximum absolute atomic E-state index is 13.8. The number of nitrogens with zero attached hydrogens (tertiary/aromatic N) is 2. The average Bonchev–Trinajstić information content (AvgIpc) is 2.63. The number of hydrogen-bond donors (Lipinski definition) is 0. The molecule has 28 heavy (non-hydrogen) atoms. The van der Waals surface area contributed by atoms with Gasteiger partial charge in [-0.05, 0) is 30.7 Å². The molecule has 0 spiro atoms. The molecule has 3 aromatic rings. The molecule has 3 rings (SSSR count). The number of aryl methyl sites for hydroxylation is 1. The van der Waals surface area contributed by atoms with Crippen molar-refractivity contribution < 1.29 is 22.3 Å². The van der Waals surface area contributed by atoms with Crippen LogP contribution in [-0.4, -0.2) is 24.4 Å². The van der Waals surface area contributed by atoms with Crippen molar-refractivity contribution in [1.82, 2.24) is 9.97 Å². The van der Waals surface area contributed by atoms with Gasteiger partial charge in [0, 0.05) is 5.56 Å². The largest absolute Gasteiger partial charge is 0.422 e. The lowest BCUT2D eigenvalue weighted by Crippen LogP contribution is -2.16. The summed E-state index contributed by atoms with van der Waals surface area (Å²) in [7, 11) is -4.12. The van der Waals surface area contributed by atoms with Gasteiger partial charge in [-0.25, -0.2) is 27.6 Å². The third-order valence-corrected chi connectivity index (χ3v) is 5.42. The van der Waals surface area contributed by atoms with Gasteiger partial charge in [0.25, 0.3) is 0 Å². The van der Waals surface area contributed by atoms with Gasteiger partial charge in [-0.15, -0.1) is 0 Å². The van der Waals surface area contributed by atoms with Crippen LogP contribution in [-0.2, 0) is 15.6 Å². The molecule has 0 bridgehead atoms. The standard InChI is InChI=1S/C19H14ClFN2O4S/c1-12-5-4-7-14(9-12)27-18(24)17-15(20)10-22-19(23-17)28(25,26)11-13-6-2-3-8-16(13)21/h2-10H,11H2,1H3. The molecule has 144 valence electrons. The highest BCUT2D eigenvalue weighted by atomic mass is 35.5. The first-order valence-electron chi connectivity index (χ1n) is 8.04. The maximum atomic E-state index is 13.8. The number of hydrogen-bond acceptors (Lipinski definition) is 6. The summed E-state index contributed by atoms with van der Waals surface area (Å²) in [6.45, 7) is 1.82. The average molecular weight is 421 g/mol. The normalized spacial score (nSPS) is 11.2. The molecule has 0 saturated heterocycles. The van der Waals surface area contributed by atoms with Crippen molar-refractivity contribution in [1.29, 1.82) is 0 Å². The minimum absolute atomic E-state index is 0.0371. The quantitative estimate of drug-likeness (QED) is 0.355. The molecule has 0 aliphatic rings. The van der Waals surface area contributed by atoms with E-state index < -0.39 is 38.2 Å². The van der Waals surface area contributed by atoms with E-state index in [1.807, 2.05) is 13.0 Å². The van der Waals surface area contributed by atoms with Gasteiger partial charge in [0.1, 0.15) is 11.6 Å². The maximum Gasteiger partial charge on any atom is 0.364 e. The van der Waals surface area contributed by atoms with E-state index >= 15 is 0 Å². The van der Waals surface area contributed by atoms with Gasteiger partial charge in [0.15, 0.2) is 5.69 Å². The van der Waals surface area contributed by atoms with Crippen molar-refractivity contribution in [2.24, 2.45) is 0 Å². The van der Waals surface area contributed by atoms with Crippen LogP contribution in [0.4, 0.5) is 4.39 Å². The molecule has 0 unspecified atom stereocenters. The summed E-state index contributed by atoms with van der Waals surface area (Å²) in [4.78, 5) is 19.8. The van der Waals surface area contributed by atoms with Crippen LogP contribution in [0.5, 0.6) is 5.75 Å². The summed E-state index contributed by atoms with van der Waals surface area (Å²) in [5.41, 5.74) is 0.433. The second-order valence-electron chi connectivity index (χ2n) is 5.91. The zero-order valence-corrected chi connectivity index (χ0v) is 16.2. The van der Waals surface area contributed by atoms with E-state index in [9.17, 15) is 17.6 Å². The lowest BCUT2D eigenvalue weighted by atomic mass is 10.2. The summed E-state index contributed by atoms with van der Waals surface area (Å²) in [5.74, 6) is -2.00. The van der Waals surface area contributed by atoms with Gasteiger partial charge >= 0.3 is 5.97 Å². The predicted molar refractivity (Wildman–Crippen MR) is 100 cm³/mol. The summed E-state index contributed by atoms with van der Waals surface area (Å²) >= 11 is 5.94. The molecule has 1 heterocycles. The van der Waals surface area contributed by atoms with E-state index in [4.69, 9.17) is 16.3 Å². The van der Waals surface area contributed by atoms with Crippen LogP contribution in [0.2, 0.25) is 5.02 Å². The van der Waals surface area contributed by atoms with E-state index in [1.54, 1.807) is 18.2 Å². The number of ether oxygens (including phenoxy) is 1. The van der Waals surface area contributed by atoms with Crippen LogP contribution in [0.1, 0.15) is 21.6 Å². The Balaban J connectivity index is 1.90. The zero-order chi connectivity index (χ0) is 20.3. The van der Waals surface area contributed by atoms with Crippen molar-refractivity contribution in [2.45, 2.75) is 17.8 Å². The van der Waals surface area contributed by atoms with E-state index in [0.29, 0.717) is 0 Å². The van der Waals surface area contributed by atoms with Gasteiger partial charge in [-0.2, -0.15) is 0 Å². The Morgan fingerprint density at radius 1 is 1.18 bits per heavy atom. The minimum Gasteiger partial charge on any atom is -0.422 e. The molecule has 2 aromatic carbocycles. The molecule has 0 aliphatic carbocycles. The van der Waals surface area contributed by atoms with E-state index in [1.165, 1.54) is 18.2 Å². The molecule has 1 aromatic heterocycles. The Morgan fingerprint density at radius 2 is 1.93 bits per heavy atom. The summed E-state index contributed by atoms with van der Waals surface area (Å²) < 4.78 is 44.1. The number of carbonyl (C=O) groups is 1. The highest BCUT2D eigenvalue weighted by Crippen LogP contribution is 2.21. The van der Waals surface area contributed by atoms with Gasteiger partial charge < -0.3 is 4.74 Å². The fraction of sp³-hybridized carbons (Fsp3) is 0.105. The Hall–Kier alpha value is -2.84. The molecule has 0 saturated carbocycles. The van der Waals surface area contributed by atoms with E-state index in [-0.39, 0.29) is 16.3 Å². The lowest BCUT2D eigenvalue weighted by molar-refractivity contribution is 0.0727. The van der Waals surface area contributed by atoms with Gasteiger partial charge in [-0.3, -0.25) is 0 Å². The Labute approximate surface area is 165 Å². The third kappa shape index (κ3) is 4.52. The molecule has 0 atom stereocenters. The molecule has 0 aliphatic heterocycles. The van der Waals surface area contributed by atoms with Crippen molar-refractivity contribution in [3.63, 3.8) is 0 Å². The molecular weight excluding hydrogens is 407 g/mol. The molecule has 6 nitrogen and oxygen atoms in total. The Kier molecular flexibility index (Phi) is 5.71. The van der Waals surface area contributed by atoms with Crippen molar-refractivity contribution >= 4 is 27.4 Å². The smallest absolute Gasteiger partial charge is 0.364 e. The molecule has 0 amide bonds. The number of aromatic nitrogens is 2. The van der Waals surface area contributed by atoms with Gasteiger partial charge in [-0.1, -0.05) is 41.9 Å². The van der Waals surface area contributed by atoms with Crippen molar-refractivity contribution in [2.75, 3.05) is 0 Å². The topological polar surface area (TPSA) is 86.2 Å². The summed E-state index contributed by atoms with van der Waals surface area (Å²) in [6.07, 6.45) is 0.996. The highest BCUT2D eigenvalue weighted by molar-refractivity contribution is 7.90. The fourth-order valence-corrected chi connectivity index (χ4v) is 3.75. The second-order valence-corrected chi connectivity index (χ2v) is 8.20. The number of benzene rings is 2. The SMILES string of the molecule is Cc1cccc(OC(=O)c2nc(S(=O)(=O)Cc3ccccc3F)ncc2Cl)c1. The summed E-state index contributed by atoms with van der Waals surface area (Å²) in [6, 6.07) is 12.2. The van der Waals surface area contributed by atoms with Crippen LogP contribution < -0.4 is 4.74 Å². The lowest BCUT2D eigenvalue weighted by Gasteiger charge is -2.08. The van der Waals surface area contributed by atoms with Crippen LogP contribution >= 0.6 is 11.6 Å². The highest BCUT2D eigenvalue weighted by Gasteiger charge is 2.25. The fourth-order valence-electron chi connectivity index (χ4n) is 2.36. The first-order chi connectivity index (χ1) is 13.3. The Morgan fingerprint density at radius 3 is 2.64 bits per heavy atom. The first-order valence-corrected chi connectivity index (χ1v) is 10.1. The number of esters is 1. The van der Waals surface area contributed by atoms with Crippen LogP contribution in [0.25, 0.3) is 0 Å². The Bertz CT molecular complexity index is 1150.